The molecule has 0 N–H and O–H groups in total. The summed E-state index contributed by atoms with van der Waals surface area (Å²) in [6.07, 6.45) is 4.40. The van der Waals surface area contributed by atoms with Crippen LogP contribution in [0.1, 0.15) is 24.8 Å². The fraction of sp³-hybridized carbons (Fsp3) is 0.538. The summed E-state index contributed by atoms with van der Waals surface area (Å²) in [5.41, 5.74) is 3.53. The van der Waals surface area contributed by atoms with Gasteiger partial charge in [-0.25, -0.2) is 0 Å². The first-order valence-corrected chi connectivity index (χ1v) is 5.59. The van der Waals surface area contributed by atoms with E-state index in [1.807, 2.05) is 0 Å². The topological polar surface area (TPSA) is 3.24 Å². The second-order valence-corrected chi connectivity index (χ2v) is 5.05. The highest BCUT2D eigenvalue weighted by Crippen LogP contribution is 2.49. The van der Waals surface area contributed by atoms with Gasteiger partial charge in [-0.1, -0.05) is 18.6 Å². The highest BCUT2D eigenvalue weighted by atomic mass is 15.2. The Morgan fingerprint density at radius 1 is 1.21 bits per heavy atom. The molecule has 1 aromatic carbocycles. The van der Waals surface area contributed by atoms with Crippen LogP contribution in [-0.4, -0.2) is 13.1 Å². The average molecular weight is 187 g/mol. The number of hydrogen-bond acceptors (Lipinski definition) is 1. The maximum absolute atomic E-state index is 2.52. The number of aryl methyl sites for hydroxylation is 1. The van der Waals surface area contributed by atoms with E-state index in [-0.39, 0.29) is 0 Å². The summed E-state index contributed by atoms with van der Waals surface area (Å²) >= 11 is 0. The number of anilines is 1. The van der Waals surface area contributed by atoms with Crippen molar-refractivity contribution in [3.63, 3.8) is 0 Å². The molecule has 1 aliphatic carbocycles. The number of rotatable bonds is 1. The van der Waals surface area contributed by atoms with Gasteiger partial charge in [-0.2, -0.15) is 0 Å². The van der Waals surface area contributed by atoms with Crippen molar-refractivity contribution >= 4 is 5.69 Å². The molecule has 2 aliphatic rings. The van der Waals surface area contributed by atoms with Crippen LogP contribution in [-0.2, 0) is 0 Å². The normalized spacial score (nSPS) is 23.1. The third kappa shape index (κ3) is 1.15. The smallest absolute Gasteiger partial charge is 0.0369 e. The lowest BCUT2D eigenvalue weighted by molar-refractivity contribution is 0.0904. The third-order valence-electron chi connectivity index (χ3n) is 3.83. The molecule has 0 aromatic heterocycles. The lowest BCUT2D eigenvalue weighted by atomic mass is 9.63. The highest BCUT2D eigenvalue weighted by molar-refractivity contribution is 5.51. The van der Waals surface area contributed by atoms with Crippen molar-refractivity contribution in [2.24, 2.45) is 5.41 Å². The molecule has 74 valence electrons. The summed E-state index contributed by atoms with van der Waals surface area (Å²) in [5.74, 6) is 0. The van der Waals surface area contributed by atoms with Crippen LogP contribution in [0.3, 0.4) is 0 Å². The fourth-order valence-corrected chi connectivity index (χ4v) is 2.76. The van der Waals surface area contributed by atoms with Crippen LogP contribution in [0.15, 0.2) is 24.3 Å². The van der Waals surface area contributed by atoms with Gasteiger partial charge >= 0.3 is 0 Å². The van der Waals surface area contributed by atoms with E-state index >= 15 is 0 Å². The zero-order valence-electron chi connectivity index (χ0n) is 8.79. The van der Waals surface area contributed by atoms with E-state index in [2.05, 4.69) is 36.1 Å². The summed E-state index contributed by atoms with van der Waals surface area (Å²) in [6.45, 7) is 4.77. The van der Waals surface area contributed by atoms with E-state index in [1.54, 1.807) is 0 Å². The molecule has 1 spiro atoms. The van der Waals surface area contributed by atoms with Gasteiger partial charge in [0.25, 0.3) is 0 Å². The minimum atomic E-state index is 0.740. The maximum Gasteiger partial charge on any atom is 0.0369 e. The van der Waals surface area contributed by atoms with Gasteiger partial charge in [0.2, 0.25) is 0 Å². The van der Waals surface area contributed by atoms with Crippen LogP contribution in [0.4, 0.5) is 5.69 Å². The zero-order chi connectivity index (χ0) is 9.60. The van der Waals surface area contributed by atoms with Crippen molar-refractivity contribution in [2.75, 3.05) is 18.0 Å². The minimum Gasteiger partial charge on any atom is -0.370 e. The van der Waals surface area contributed by atoms with Gasteiger partial charge in [0, 0.05) is 24.2 Å². The molecule has 1 heterocycles. The molecule has 1 heteroatoms. The van der Waals surface area contributed by atoms with E-state index in [0.29, 0.717) is 0 Å². The van der Waals surface area contributed by atoms with Crippen molar-refractivity contribution in [1.29, 1.82) is 0 Å². The van der Waals surface area contributed by atoms with E-state index in [9.17, 15) is 0 Å². The van der Waals surface area contributed by atoms with Crippen molar-refractivity contribution in [3.8, 4) is 0 Å². The van der Waals surface area contributed by atoms with Crippen LogP contribution in [0.2, 0.25) is 0 Å². The Balaban J connectivity index is 1.73. The first kappa shape index (κ1) is 8.34. The predicted octanol–water partition coefficient (Wildman–Crippen LogP) is 2.99. The molecule has 0 atom stereocenters. The lowest BCUT2D eigenvalue weighted by Crippen LogP contribution is -2.59. The highest BCUT2D eigenvalue weighted by Gasteiger charge is 2.47. The lowest BCUT2D eigenvalue weighted by Gasteiger charge is -2.57. The summed E-state index contributed by atoms with van der Waals surface area (Å²) in [4.78, 5) is 2.52. The molecule has 1 saturated heterocycles. The number of hydrogen-bond donors (Lipinski definition) is 0. The first-order chi connectivity index (χ1) is 6.77. The second kappa shape index (κ2) is 2.75. The summed E-state index contributed by atoms with van der Waals surface area (Å²) in [5, 5.41) is 0. The molecule has 1 aromatic rings. The summed E-state index contributed by atoms with van der Waals surface area (Å²) in [6, 6.07) is 8.86. The minimum absolute atomic E-state index is 0.740. The fourth-order valence-electron chi connectivity index (χ4n) is 2.76. The maximum atomic E-state index is 2.52. The Morgan fingerprint density at radius 2 is 2.00 bits per heavy atom. The Hall–Kier alpha value is -0.980. The molecule has 2 fully saturated rings. The van der Waals surface area contributed by atoms with Gasteiger partial charge in [0.15, 0.2) is 0 Å². The van der Waals surface area contributed by atoms with Crippen molar-refractivity contribution < 1.29 is 0 Å². The molecule has 1 nitrogen and oxygen atoms in total. The Bertz CT molecular complexity index is 344. The van der Waals surface area contributed by atoms with E-state index < -0.39 is 0 Å². The number of benzene rings is 1. The van der Waals surface area contributed by atoms with Gasteiger partial charge in [0.1, 0.15) is 0 Å². The third-order valence-corrected chi connectivity index (χ3v) is 3.83. The molecular formula is C13H17N. The Labute approximate surface area is 85.7 Å². The predicted molar refractivity (Wildman–Crippen MR) is 59.7 cm³/mol. The monoisotopic (exact) mass is 187 g/mol. The second-order valence-electron chi connectivity index (χ2n) is 5.05. The molecule has 0 radical (unpaired) electrons. The number of nitrogens with zero attached hydrogens (tertiary/aromatic N) is 1. The van der Waals surface area contributed by atoms with Crippen molar-refractivity contribution in [2.45, 2.75) is 26.2 Å². The van der Waals surface area contributed by atoms with Gasteiger partial charge < -0.3 is 4.90 Å². The zero-order valence-corrected chi connectivity index (χ0v) is 8.79. The van der Waals surface area contributed by atoms with Gasteiger partial charge in [-0.15, -0.1) is 0 Å². The van der Waals surface area contributed by atoms with E-state index in [0.717, 1.165) is 5.41 Å². The van der Waals surface area contributed by atoms with Gasteiger partial charge in [0.05, 0.1) is 0 Å². The van der Waals surface area contributed by atoms with E-state index in [4.69, 9.17) is 0 Å². The quantitative estimate of drug-likeness (QED) is 0.653. The van der Waals surface area contributed by atoms with Crippen LogP contribution in [0, 0.1) is 12.3 Å². The van der Waals surface area contributed by atoms with Crippen molar-refractivity contribution in [3.05, 3.63) is 29.8 Å². The molecule has 1 saturated carbocycles. The van der Waals surface area contributed by atoms with Crippen LogP contribution in [0.5, 0.6) is 0 Å². The summed E-state index contributed by atoms with van der Waals surface area (Å²) < 4.78 is 0. The van der Waals surface area contributed by atoms with Crippen LogP contribution >= 0.6 is 0 Å². The Morgan fingerprint density at radius 3 is 2.57 bits per heavy atom. The first-order valence-electron chi connectivity index (χ1n) is 5.59. The summed E-state index contributed by atoms with van der Waals surface area (Å²) in [7, 11) is 0. The molecule has 0 bridgehead atoms. The molecule has 0 unspecified atom stereocenters. The standard InChI is InChI=1S/C13H17N/c1-11-4-2-5-12(8-11)14-9-13(10-14)6-3-7-13/h2,4-5,8H,3,6-7,9-10H2,1H3. The SMILES string of the molecule is Cc1cccc(N2CC3(CCC3)C2)c1. The largest absolute Gasteiger partial charge is 0.370 e. The molecule has 14 heavy (non-hydrogen) atoms. The van der Waals surface area contributed by atoms with Gasteiger partial charge in [-0.3, -0.25) is 0 Å². The molecular weight excluding hydrogens is 170 g/mol. The van der Waals surface area contributed by atoms with E-state index in [1.165, 1.54) is 43.6 Å². The van der Waals surface area contributed by atoms with Crippen molar-refractivity contribution in [1.82, 2.24) is 0 Å². The van der Waals surface area contributed by atoms with Crippen LogP contribution < -0.4 is 4.90 Å². The molecule has 3 rings (SSSR count). The molecule has 0 amide bonds. The average Bonchev–Trinajstić information content (AvgIpc) is 1.98. The molecule has 1 aliphatic heterocycles. The Kier molecular flexibility index (Phi) is 1.64. The van der Waals surface area contributed by atoms with Gasteiger partial charge in [-0.05, 0) is 37.5 Å². The van der Waals surface area contributed by atoms with Crippen LogP contribution in [0.25, 0.3) is 0 Å².